The number of aryl methyl sites for hydroxylation is 1. The molecular formula is C51H65N7O9. The maximum Gasteiger partial charge on any atom is 0.324 e. The van der Waals surface area contributed by atoms with Gasteiger partial charge >= 0.3 is 5.97 Å². The van der Waals surface area contributed by atoms with Crippen molar-refractivity contribution in [2.75, 3.05) is 47.1 Å². The number of hydrazine groups is 1. The number of likely N-dealkylation sites (N-methyl/N-ethyl adjacent to an activating group) is 1. The molecule has 16 heteroatoms. The number of cyclic esters (lactones) is 1. The fourth-order valence-electron chi connectivity index (χ4n) is 10.6. The Bertz CT molecular complexity index is 2550. The maximum atomic E-state index is 14.8. The third-order valence-electron chi connectivity index (χ3n) is 14.0. The highest BCUT2D eigenvalue weighted by molar-refractivity contribution is 5.96. The quantitative estimate of drug-likeness (QED) is 0.188. The first kappa shape index (κ1) is 47.6. The first-order valence-electron chi connectivity index (χ1n) is 23.6. The van der Waals surface area contributed by atoms with Crippen molar-refractivity contribution in [3.8, 4) is 28.1 Å². The molecule has 0 radical (unpaired) electrons. The van der Waals surface area contributed by atoms with Gasteiger partial charge in [-0.25, -0.2) is 5.43 Å². The van der Waals surface area contributed by atoms with Crippen molar-refractivity contribution in [1.29, 1.82) is 0 Å². The number of aromatic nitrogens is 2. The van der Waals surface area contributed by atoms with Crippen LogP contribution in [-0.2, 0) is 57.6 Å². The van der Waals surface area contributed by atoms with Crippen LogP contribution in [0.3, 0.4) is 0 Å². The Kier molecular flexibility index (Phi) is 13.8. The lowest BCUT2D eigenvalue weighted by Gasteiger charge is -2.37. The minimum atomic E-state index is -1.17. The van der Waals surface area contributed by atoms with Crippen LogP contribution in [0, 0.1) is 17.3 Å². The molecule has 16 nitrogen and oxygen atoms in total. The standard InChI is InChI=1S/C51H65N7O9/c1-9-56-42-15-14-32-23-38(42)39(46(56)37-12-10-16-52-44(37)30(4)65-8)24-51(5,6)28-67-50(64)40-13-11-17-58(54-40)49(63)41(20-31-18-33(32)22-36(59)19-31)53-47(61)45(29(2)3)55(7)48(62)34-21-35-26-66-27-43(60)57(35)25-34/h10,12,14-16,18-19,22-23,29-30,34-35,40-41,45,54,59H,9,11,13,17,20-21,24-28H2,1-8H3,(H,53,61)/t30-,34-,35+,40-,41-,45?/m0/s1. The van der Waals surface area contributed by atoms with Gasteiger partial charge in [-0.1, -0.05) is 39.8 Å². The molecule has 0 spiro atoms. The van der Waals surface area contributed by atoms with Crippen LogP contribution in [0.1, 0.15) is 83.7 Å². The number of esters is 1. The molecule has 358 valence electrons. The molecule has 4 aromatic rings. The van der Waals surface area contributed by atoms with Gasteiger partial charge in [0.25, 0.3) is 5.91 Å². The van der Waals surface area contributed by atoms with Gasteiger partial charge in [0, 0.05) is 68.3 Å². The molecular weight excluding hydrogens is 855 g/mol. The second kappa shape index (κ2) is 19.4. The number of hydrogen-bond acceptors (Lipinski definition) is 11. The van der Waals surface area contributed by atoms with Crippen LogP contribution < -0.4 is 10.7 Å². The van der Waals surface area contributed by atoms with E-state index < -0.39 is 47.2 Å². The van der Waals surface area contributed by atoms with Crippen LogP contribution in [-0.4, -0.2) is 130 Å². The second-order valence-corrected chi connectivity index (χ2v) is 19.8. The van der Waals surface area contributed by atoms with E-state index >= 15 is 0 Å². The number of carbonyl (C=O) groups excluding carboxylic acids is 5. The van der Waals surface area contributed by atoms with Crippen molar-refractivity contribution in [3.63, 3.8) is 0 Å². The molecule has 4 amide bonds. The molecule has 3 N–H and O–H groups in total. The first-order chi connectivity index (χ1) is 32.0. The normalized spacial score (nSPS) is 23.1. The highest BCUT2D eigenvalue weighted by atomic mass is 16.5. The highest BCUT2D eigenvalue weighted by Gasteiger charge is 2.44. The number of morpholine rings is 1. The fraction of sp³-hybridized carbons (Fsp3) is 0.529. The molecule has 6 bridgehead atoms. The van der Waals surface area contributed by atoms with E-state index in [0.717, 1.165) is 39.0 Å². The Labute approximate surface area is 392 Å². The largest absolute Gasteiger partial charge is 0.508 e. The Morgan fingerprint density at radius 3 is 2.61 bits per heavy atom. The number of aromatic hydroxyl groups is 1. The van der Waals surface area contributed by atoms with Gasteiger partial charge < -0.3 is 39.0 Å². The van der Waals surface area contributed by atoms with E-state index in [2.05, 4.69) is 54.3 Å². The van der Waals surface area contributed by atoms with Gasteiger partial charge in [0.15, 0.2) is 0 Å². The zero-order valence-electron chi connectivity index (χ0n) is 40.0. The zero-order valence-corrected chi connectivity index (χ0v) is 40.0. The Morgan fingerprint density at radius 1 is 1.09 bits per heavy atom. The summed E-state index contributed by atoms with van der Waals surface area (Å²) in [5, 5.41) is 16.7. The number of ether oxygens (including phenoxy) is 3. The van der Waals surface area contributed by atoms with Crippen LogP contribution >= 0.6 is 0 Å². The minimum Gasteiger partial charge on any atom is -0.508 e. The summed E-state index contributed by atoms with van der Waals surface area (Å²) in [4.78, 5) is 77.9. The summed E-state index contributed by atoms with van der Waals surface area (Å²) in [6, 6.07) is 12.3. The van der Waals surface area contributed by atoms with Crippen molar-refractivity contribution in [1.82, 2.24) is 35.1 Å². The smallest absolute Gasteiger partial charge is 0.324 e. The van der Waals surface area contributed by atoms with E-state index in [-0.39, 0.29) is 68.4 Å². The number of carbonyl (C=O) groups is 5. The van der Waals surface area contributed by atoms with E-state index in [1.165, 1.54) is 9.91 Å². The average molecular weight is 920 g/mol. The van der Waals surface area contributed by atoms with Crippen molar-refractivity contribution >= 4 is 40.5 Å². The minimum absolute atomic E-state index is 0.0113. The van der Waals surface area contributed by atoms with Gasteiger partial charge in [0.05, 0.1) is 42.7 Å². The molecule has 8 rings (SSSR count). The Balaban J connectivity index is 1.19. The fourth-order valence-corrected chi connectivity index (χ4v) is 10.6. The molecule has 0 saturated carbocycles. The summed E-state index contributed by atoms with van der Waals surface area (Å²) in [5.74, 6) is -2.77. The number of fused-ring (bicyclic) bond motifs is 7. The maximum absolute atomic E-state index is 14.8. The summed E-state index contributed by atoms with van der Waals surface area (Å²) >= 11 is 0. The third-order valence-corrected chi connectivity index (χ3v) is 14.0. The lowest BCUT2D eigenvalue weighted by molar-refractivity contribution is -0.155. The summed E-state index contributed by atoms with van der Waals surface area (Å²) in [5.41, 5.74) is 9.54. The van der Waals surface area contributed by atoms with Gasteiger partial charge in [0.2, 0.25) is 17.7 Å². The van der Waals surface area contributed by atoms with Crippen LogP contribution in [0.25, 0.3) is 33.3 Å². The van der Waals surface area contributed by atoms with Gasteiger partial charge in [-0.15, -0.1) is 0 Å². The summed E-state index contributed by atoms with van der Waals surface area (Å²) in [7, 11) is 3.26. The van der Waals surface area contributed by atoms with Gasteiger partial charge in [-0.2, -0.15) is 0 Å². The van der Waals surface area contributed by atoms with Crippen LogP contribution in [0.15, 0.2) is 54.7 Å². The topological polar surface area (TPSA) is 185 Å². The second-order valence-electron chi connectivity index (χ2n) is 19.8. The molecule has 1 unspecified atom stereocenters. The van der Waals surface area contributed by atoms with E-state index in [0.29, 0.717) is 50.0 Å². The number of phenols is 1. The number of phenolic OH excluding ortho intramolecular Hbond substituents is 1. The average Bonchev–Trinajstić information content (AvgIpc) is 3.88. The highest BCUT2D eigenvalue weighted by Crippen LogP contribution is 2.42. The lowest BCUT2D eigenvalue weighted by Crippen LogP contribution is -2.62. The van der Waals surface area contributed by atoms with Crippen molar-refractivity contribution < 1.29 is 43.3 Å². The van der Waals surface area contributed by atoms with E-state index in [4.69, 9.17) is 19.2 Å². The van der Waals surface area contributed by atoms with Crippen molar-refractivity contribution in [3.05, 3.63) is 71.5 Å². The van der Waals surface area contributed by atoms with E-state index in [9.17, 15) is 29.1 Å². The number of pyridine rings is 1. The molecule has 6 atom stereocenters. The molecule has 2 aromatic heterocycles. The Hall–Kier alpha value is -5.84. The molecule has 4 aliphatic heterocycles. The SMILES string of the molecule is CCn1c(-c2cccnc2[C@H](C)OC)c2c3cc(ccc31)-c1cc(O)cc(c1)C[C@H](NC(=O)C(C(C)C)N(C)C(=O)[C@H]1C[C@@H]3COCC(=O)N3C1)C(=O)N1CCC[C@H](N1)C(=O)OCC(C)(C)C2. The van der Waals surface area contributed by atoms with Crippen LogP contribution in [0.4, 0.5) is 0 Å². The summed E-state index contributed by atoms with van der Waals surface area (Å²) < 4.78 is 19.7. The Morgan fingerprint density at radius 2 is 1.88 bits per heavy atom. The van der Waals surface area contributed by atoms with Gasteiger partial charge in [0.1, 0.15) is 30.5 Å². The summed E-state index contributed by atoms with van der Waals surface area (Å²) in [6.45, 7) is 13.6. The lowest BCUT2D eigenvalue weighted by atomic mass is 9.84. The predicted octanol–water partition coefficient (Wildman–Crippen LogP) is 5.18. The number of nitrogens with zero attached hydrogens (tertiary/aromatic N) is 5. The van der Waals surface area contributed by atoms with Crippen LogP contribution in [0.2, 0.25) is 0 Å². The number of benzene rings is 2. The molecule has 67 heavy (non-hydrogen) atoms. The van der Waals surface area contributed by atoms with Gasteiger partial charge in [-0.3, -0.25) is 34.0 Å². The number of rotatable bonds is 9. The number of amides is 4. The summed E-state index contributed by atoms with van der Waals surface area (Å²) in [6.07, 6.45) is 3.40. The zero-order chi connectivity index (χ0) is 47.9. The number of methoxy groups -OCH3 is 1. The number of hydrogen-bond donors (Lipinski definition) is 3. The third kappa shape index (κ3) is 9.66. The van der Waals surface area contributed by atoms with Crippen molar-refractivity contribution in [2.45, 2.75) is 110 Å². The first-order valence-corrected chi connectivity index (χ1v) is 23.6. The molecule has 0 aliphatic carbocycles. The van der Waals surface area contributed by atoms with E-state index in [1.807, 2.05) is 39.0 Å². The molecule has 3 saturated heterocycles. The molecule has 6 heterocycles. The molecule has 4 aliphatic rings. The van der Waals surface area contributed by atoms with Gasteiger partial charge in [-0.05, 0) is 104 Å². The van der Waals surface area contributed by atoms with E-state index in [1.54, 1.807) is 37.4 Å². The predicted molar refractivity (Wildman–Crippen MR) is 251 cm³/mol. The van der Waals surface area contributed by atoms with Crippen molar-refractivity contribution in [2.24, 2.45) is 17.3 Å². The monoisotopic (exact) mass is 919 g/mol. The molecule has 2 aromatic carbocycles. The van der Waals surface area contributed by atoms with Crippen LogP contribution in [0.5, 0.6) is 5.75 Å². The number of nitrogens with one attached hydrogen (secondary N) is 2. The molecule has 3 fully saturated rings.